The summed E-state index contributed by atoms with van der Waals surface area (Å²) in [5.41, 5.74) is 6.64. The number of nitrogen functional groups attached to an aromatic ring is 1. The number of nitrogens with two attached hydrogens (primary N) is 1. The van der Waals surface area contributed by atoms with E-state index >= 15 is 0 Å². The van der Waals surface area contributed by atoms with Crippen molar-refractivity contribution in [3.8, 4) is 11.5 Å². The molecule has 0 fully saturated rings. The molecule has 0 saturated heterocycles. The van der Waals surface area contributed by atoms with Gasteiger partial charge >= 0.3 is 0 Å². The normalized spacial score (nSPS) is 10.2. The molecule has 1 aromatic carbocycles. The first-order valence-electron chi connectivity index (χ1n) is 6.34. The first kappa shape index (κ1) is 13.2. The Balaban J connectivity index is 1.91. The van der Waals surface area contributed by atoms with Crippen LogP contribution < -0.4 is 15.2 Å². The number of ether oxygens (including phenoxy) is 2. The van der Waals surface area contributed by atoms with E-state index in [2.05, 4.69) is 11.9 Å². The van der Waals surface area contributed by atoms with E-state index in [0.717, 1.165) is 30.1 Å². The lowest BCUT2D eigenvalue weighted by atomic mass is 10.2. The van der Waals surface area contributed by atoms with E-state index in [0.29, 0.717) is 12.4 Å². The second kappa shape index (κ2) is 6.64. The van der Waals surface area contributed by atoms with E-state index in [1.165, 1.54) is 0 Å². The van der Waals surface area contributed by atoms with Crippen molar-refractivity contribution in [3.63, 3.8) is 0 Å². The SMILES string of the molecule is CCCOc1ccc(OCc2cccnc2N)cc1. The largest absolute Gasteiger partial charge is 0.494 e. The number of aromatic nitrogens is 1. The molecule has 0 unspecified atom stereocenters. The molecule has 1 heterocycles. The van der Waals surface area contributed by atoms with Gasteiger partial charge in [0.15, 0.2) is 0 Å². The molecule has 0 radical (unpaired) electrons. The zero-order valence-electron chi connectivity index (χ0n) is 11.0. The highest BCUT2D eigenvalue weighted by Gasteiger charge is 2.01. The molecule has 4 nitrogen and oxygen atoms in total. The van der Waals surface area contributed by atoms with E-state index < -0.39 is 0 Å². The molecule has 2 aromatic rings. The van der Waals surface area contributed by atoms with E-state index in [1.807, 2.05) is 36.4 Å². The molecule has 0 aliphatic rings. The van der Waals surface area contributed by atoms with Gasteiger partial charge < -0.3 is 15.2 Å². The number of hydrogen-bond donors (Lipinski definition) is 1. The fourth-order valence-corrected chi connectivity index (χ4v) is 1.59. The Hall–Kier alpha value is -2.23. The maximum atomic E-state index is 5.75. The van der Waals surface area contributed by atoms with Crippen molar-refractivity contribution in [3.05, 3.63) is 48.2 Å². The monoisotopic (exact) mass is 258 g/mol. The van der Waals surface area contributed by atoms with Crippen LogP contribution in [0.25, 0.3) is 0 Å². The van der Waals surface area contributed by atoms with Crippen molar-refractivity contribution < 1.29 is 9.47 Å². The average Bonchev–Trinajstić information content (AvgIpc) is 2.45. The summed E-state index contributed by atoms with van der Waals surface area (Å²) in [6.45, 7) is 3.22. The number of anilines is 1. The quantitative estimate of drug-likeness (QED) is 0.865. The fourth-order valence-electron chi connectivity index (χ4n) is 1.59. The average molecular weight is 258 g/mol. The van der Waals surface area contributed by atoms with Crippen LogP contribution in [0.2, 0.25) is 0 Å². The number of nitrogens with zero attached hydrogens (tertiary/aromatic N) is 1. The van der Waals surface area contributed by atoms with Crippen LogP contribution in [0.4, 0.5) is 5.82 Å². The predicted octanol–water partition coefficient (Wildman–Crippen LogP) is 3.03. The van der Waals surface area contributed by atoms with Crippen LogP contribution in [0.3, 0.4) is 0 Å². The van der Waals surface area contributed by atoms with Crippen molar-refractivity contribution in [1.82, 2.24) is 4.98 Å². The molecule has 0 saturated carbocycles. The molecular weight excluding hydrogens is 240 g/mol. The van der Waals surface area contributed by atoms with Gasteiger partial charge in [-0.15, -0.1) is 0 Å². The van der Waals surface area contributed by atoms with E-state index in [9.17, 15) is 0 Å². The number of benzene rings is 1. The third kappa shape index (κ3) is 3.88. The second-order valence-electron chi connectivity index (χ2n) is 4.16. The molecule has 19 heavy (non-hydrogen) atoms. The standard InChI is InChI=1S/C15H18N2O2/c1-2-10-18-13-5-7-14(8-6-13)19-11-12-4-3-9-17-15(12)16/h3-9H,2,10-11H2,1H3,(H2,16,17). The van der Waals surface area contributed by atoms with Crippen LogP contribution in [-0.2, 0) is 6.61 Å². The summed E-state index contributed by atoms with van der Waals surface area (Å²) in [4.78, 5) is 4.02. The molecule has 0 amide bonds. The van der Waals surface area contributed by atoms with Crippen LogP contribution in [-0.4, -0.2) is 11.6 Å². The van der Waals surface area contributed by atoms with Gasteiger partial charge in [-0.1, -0.05) is 13.0 Å². The molecule has 2 N–H and O–H groups in total. The highest BCUT2D eigenvalue weighted by molar-refractivity contribution is 5.38. The summed E-state index contributed by atoms with van der Waals surface area (Å²) in [6.07, 6.45) is 2.66. The van der Waals surface area contributed by atoms with Crippen LogP contribution in [0, 0.1) is 0 Å². The number of hydrogen-bond acceptors (Lipinski definition) is 4. The minimum atomic E-state index is 0.412. The van der Waals surface area contributed by atoms with Gasteiger partial charge in [0.25, 0.3) is 0 Å². The van der Waals surface area contributed by atoms with Crippen molar-refractivity contribution in [2.24, 2.45) is 0 Å². The minimum Gasteiger partial charge on any atom is -0.494 e. The maximum Gasteiger partial charge on any atom is 0.129 e. The molecule has 0 bridgehead atoms. The van der Waals surface area contributed by atoms with Gasteiger partial charge in [-0.05, 0) is 36.8 Å². The molecule has 1 aromatic heterocycles. The molecule has 100 valence electrons. The molecule has 0 spiro atoms. The summed E-state index contributed by atoms with van der Waals surface area (Å²) >= 11 is 0. The van der Waals surface area contributed by atoms with Gasteiger partial charge in [0.1, 0.15) is 23.9 Å². The van der Waals surface area contributed by atoms with Crippen LogP contribution in [0.15, 0.2) is 42.6 Å². The highest BCUT2D eigenvalue weighted by Crippen LogP contribution is 2.19. The summed E-state index contributed by atoms with van der Waals surface area (Å²) in [6, 6.07) is 11.3. The van der Waals surface area contributed by atoms with Crippen molar-refractivity contribution in [1.29, 1.82) is 0 Å². The fraction of sp³-hybridized carbons (Fsp3) is 0.267. The third-order valence-corrected chi connectivity index (χ3v) is 2.62. The Morgan fingerprint density at radius 3 is 2.37 bits per heavy atom. The first-order valence-corrected chi connectivity index (χ1v) is 6.34. The third-order valence-electron chi connectivity index (χ3n) is 2.62. The number of pyridine rings is 1. The van der Waals surface area contributed by atoms with Crippen LogP contribution in [0.1, 0.15) is 18.9 Å². The van der Waals surface area contributed by atoms with E-state index in [1.54, 1.807) is 6.20 Å². The zero-order chi connectivity index (χ0) is 13.5. The zero-order valence-corrected chi connectivity index (χ0v) is 11.0. The predicted molar refractivity (Wildman–Crippen MR) is 75.2 cm³/mol. The topological polar surface area (TPSA) is 57.4 Å². The van der Waals surface area contributed by atoms with Crippen LogP contribution >= 0.6 is 0 Å². The van der Waals surface area contributed by atoms with E-state index in [4.69, 9.17) is 15.2 Å². The lowest BCUT2D eigenvalue weighted by Crippen LogP contribution is -2.01. The maximum absolute atomic E-state index is 5.75. The second-order valence-corrected chi connectivity index (χ2v) is 4.16. The molecule has 2 rings (SSSR count). The van der Waals surface area contributed by atoms with Gasteiger partial charge in [-0.2, -0.15) is 0 Å². The van der Waals surface area contributed by atoms with Crippen molar-refractivity contribution in [2.45, 2.75) is 20.0 Å². The summed E-state index contributed by atoms with van der Waals surface area (Å²) in [5, 5.41) is 0. The molecule has 0 aliphatic carbocycles. The van der Waals surface area contributed by atoms with Gasteiger partial charge in [0, 0.05) is 11.8 Å². The molecule has 4 heteroatoms. The smallest absolute Gasteiger partial charge is 0.129 e. The summed E-state index contributed by atoms with van der Waals surface area (Å²) < 4.78 is 11.2. The summed E-state index contributed by atoms with van der Waals surface area (Å²) in [7, 11) is 0. The Morgan fingerprint density at radius 1 is 1.05 bits per heavy atom. The Morgan fingerprint density at radius 2 is 1.74 bits per heavy atom. The van der Waals surface area contributed by atoms with Gasteiger partial charge in [-0.3, -0.25) is 0 Å². The molecule has 0 aliphatic heterocycles. The highest BCUT2D eigenvalue weighted by atomic mass is 16.5. The Bertz CT molecular complexity index is 512. The van der Waals surface area contributed by atoms with Gasteiger partial charge in [0.2, 0.25) is 0 Å². The van der Waals surface area contributed by atoms with Crippen molar-refractivity contribution in [2.75, 3.05) is 12.3 Å². The lowest BCUT2D eigenvalue weighted by molar-refractivity contribution is 0.301. The lowest BCUT2D eigenvalue weighted by Gasteiger charge is -2.09. The van der Waals surface area contributed by atoms with E-state index in [-0.39, 0.29) is 0 Å². The Kier molecular flexibility index (Phi) is 4.61. The summed E-state index contributed by atoms with van der Waals surface area (Å²) in [5.74, 6) is 2.15. The minimum absolute atomic E-state index is 0.412. The molecule has 0 atom stereocenters. The first-order chi connectivity index (χ1) is 9.29. The Labute approximate surface area is 113 Å². The van der Waals surface area contributed by atoms with Gasteiger partial charge in [-0.25, -0.2) is 4.98 Å². The van der Waals surface area contributed by atoms with Crippen molar-refractivity contribution >= 4 is 5.82 Å². The van der Waals surface area contributed by atoms with Crippen LogP contribution in [0.5, 0.6) is 11.5 Å². The van der Waals surface area contributed by atoms with Gasteiger partial charge in [0.05, 0.1) is 6.61 Å². The molecular formula is C15H18N2O2. The number of rotatable bonds is 6.